The first kappa shape index (κ1) is 16.7. The second-order valence-corrected chi connectivity index (χ2v) is 4.70. The maximum Gasteiger partial charge on any atom is 0.368 e. The van der Waals surface area contributed by atoms with E-state index in [1.54, 1.807) is 60.7 Å². The summed E-state index contributed by atoms with van der Waals surface area (Å²) in [5.74, 6) is -6.67. The summed E-state index contributed by atoms with van der Waals surface area (Å²) >= 11 is 0. The lowest BCUT2D eigenvalue weighted by atomic mass is 10.1. The Labute approximate surface area is 130 Å². The van der Waals surface area contributed by atoms with Gasteiger partial charge in [0.25, 0.3) is 0 Å². The van der Waals surface area contributed by atoms with Crippen LogP contribution in [0.3, 0.4) is 0 Å². The molecule has 0 saturated heterocycles. The highest BCUT2D eigenvalue weighted by atomic mass is 19.3. The summed E-state index contributed by atoms with van der Waals surface area (Å²) < 4.78 is 51.0. The van der Waals surface area contributed by atoms with Gasteiger partial charge in [-0.15, -0.1) is 0 Å². The molecule has 0 unspecified atom stereocenters. The number of allylic oxidation sites excluding steroid dienone is 1. The number of anilines is 1. The number of nitrogens with one attached hydrogen (secondary N) is 1. The molecule has 0 aliphatic heterocycles. The van der Waals surface area contributed by atoms with Gasteiger partial charge < -0.3 is 5.32 Å². The lowest BCUT2D eigenvalue weighted by Crippen LogP contribution is -2.35. The third-order valence-electron chi connectivity index (χ3n) is 3.02. The summed E-state index contributed by atoms with van der Waals surface area (Å²) in [4.78, 5) is 11.5. The standard InChI is InChI=1S/C17H13F4NO/c18-16(19)17(20,21)15(23)11-14(12-7-3-1-4-8-12)22-13-9-5-2-6-10-13/h1-11,16,22H/b14-11-. The molecule has 0 fully saturated rings. The van der Waals surface area contributed by atoms with E-state index >= 15 is 0 Å². The molecule has 2 aromatic carbocycles. The highest BCUT2D eigenvalue weighted by Gasteiger charge is 2.47. The first-order valence-corrected chi connectivity index (χ1v) is 6.71. The number of carbonyl (C=O) groups is 1. The minimum Gasteiger partial charge on any atom is -0.355 e. The van der Waals surface area contributed by atoms with Crippen LogP contribution in [0.25, 0.3) is 5.70 Å². The van der Waals surface area contributed by atoms with Crippen LogP contribution in [0.4, 0.5) is 23.2 Å². The number of hydrogen-bond donors (Lipinski definition) is 1. The predicted octanol–water partition coefficient (Wildman–Crippen LogP) is 4.61. The molecule has 0 bridgehead atoms. The highest BCUT2D eigenvalue weighted by Crippen LogP contribution is 2.27. The lowest BCUT2D eigenvalue weighted by Gasteiger charge is -2.15. The zero-order valence-corrected chi connectivity index (χ0v) is 11.8. The first-order chi connectivity index (χ1) is 10.9. The average molecular weight is 323 g/mol. The predicted molar refractivity (Wildman–Crippen MR) is 80.4 cm³/mol. The van der Waals surface area contributed by atoms with Crippen LogP contribution >= 0.6 is 0 Å². The number of benzene rings is 2. The molecule has 6 heteroatoms. The molecule has 0 atom stereocenters. The monoisotopic (exact) mass is 323 g/mol. The lowest BCUT2D eigenvalue weighted by molar-refractivity contribution is -0.161. The van der Waals surface area contributed by atoms with Gasteiger partial charge in [0.1, 0.15) is 0 Å². The van der Waals surface area contributed by atoms with Crippen molar-refractivity contribution in [2.75, 3.05) is 5.32 Å². The smallest absolute Gasteiger partial charge is 0.355 e. The van der Waals surface area contributed by atoms with Gasteiger partial charge in [0.15, 0.2) is 0 Å². The van der Waals surface area contributed by atoms with E-state index in [0.717, 1.165) is 0 Å². The Kier molecular flexibility index (Phi) is 5.16. The number of ketones is 1. The largest absolute Gasteiger partial charge is 0.368 e. The van der Waals surface area contributed by atoms with Crippen molar-refractivity contribution in [1.29, 1.82) is 0 Å². The van der Waals surface area contributed by atoms with Crippen LogP contribution in [-0.4, -0.2) is 18.1 Å². The third kappa shape index (κ3) is 4.18. The molecular weight excluding hydrogens is 310 g/mol. The number of hydrogen-bond acceptors (Lipinski definition) is 2. The minimum absolute atomic E-state index is 0.0159. The molecule has 0 amide bonds. The van der Waals surface area contributed by atoms with Crippen molar-refractivity contribution in [3.63, 3.8) is 0 Å². The van der Waals surface area contributed by atoms with Gasteiger partial charge in [-0.2, -0.15) is 8.78 Å². The SMILES string of the molecule is O=C(/C=C(\Nc1ccccc1)c1ccccc1)C(F)(F)C(F)F. The van der Waals surface area contributed by atoms with Crippen molar-refractivity contribution in [2.24, 2.45) is 0 Å². The quantitative estimate of drug-likeness (QED) is 0.621. The fraction of sp³-hybridized carbons (Fsp3) is 0.118. The molecule has 0 aromatic heterocycles. The summed E-state index contributed by atoms with van der Waals surface area (Å²) in [5.41, 5.74) is 0.979. The Morgan fingerprint density at radius 3 is 2.00 bits per heavy atom. The number of carbonyl (C=O) groups excluding carboxylic acids is 1. The fourth-order valence-electron chi connectivity index (χ4n) is 1.82. The van der Waals surface area contributed by atoms with Gasteiger partial charge in [0.2, 0.25) is 5.78 Å². The first-order valence-electron chi connectivity index (χ1n) is 6.71. The van der Waals surface area contributed by atoms with Crippen LogP contribution < -0.4 is 5.32 Å². The Morgan fingerprint density at radius 1 is 0.957 bits per heavy atom. The minimum atomic E-state index is -4.72. The molecule has 0 aliphatic rings. The van der Waals surface area contributed by atoms with Gasteiger partial charge in [-0.3, -0.25) is 4.79 Å². The van der Waals surface area contributed by atoms with E-state index in [4.69, 9.17) is 0 Å². The summed E-state index contributed by atoms with van der Waals surface area (Å²) in [6.07, 6.45) is -3.55. The van der Waals surface area contributed by atoms with Crippen LogP contribution in [-0.2, 0) is 4.79 Å². The third-order valence-corrected chi connectivity index (χ3v) is 3.02. The second-order valence-electron chi connectivity index (χ2n) is 4.70. The van der Waals surface area contributed by atoms with E-state index < -0.39 is 18.1 Å². The number of halogens is 4. The van der Waals surface area contributed by atoms with E-state index in [0.29, 0.717) is 17.3 Å². The van der Waals surface area contributed by atoms with Crippen LogP contribution in [0, 0.1) is 0 Å². The summed E-state index contributed by atoms with van der Waals surface area (Å²) in [7, 11) is 0. The summed E-state index contributed by atoms with van der Waals surface area (Å²) in [5, 5.41) is 2.80. The zero-order chi connectivity index (χ0) is 16.9. The highest BCUT2D eigenvalue weighted by molar-refractivity contribution is 6.03. The number of para-hydroxylation sites is 1. The Morgan fingerprint density at radius 2 is 1.48 bits per heavy atom. The Balaban J connectivity index is 2.38. The Bertz CT molecular complexity index is 684. The van der Waals surface area contributed by atoms with Crippen molar-refractivity contribution >= 4 is 17.2 Å². The van der Waals surface area contributed by atoms with E-state index in [1.807, 2.05) is 0 Å². The molecule has 1 N–H and O–H groups in total. The molecule has 0 aliphatic carbocycles. The van der Waals surface area contributed by atoms with E-state index in [9.17, 15) is 22.4 Å². The Hall–Kier alpha value is -2.63. The van der Waals surface area contributed by atoms with Crippen LogP contribution in [0.1, 0.15) is 5.56 Å². The van der Waals surface area contributed by atoms with Crippen molar-refractivity contribution in [1.82, 2.24) is 0 Å². The van der Waals surface area contributed by atoms with Crippen LogP contribution in [0.15, 0.2) is 66.7 Å². The maximum atomic E-state index is 13.2. The van der Waals surface area contributed by atoms with Gasteiger partial charge in [0, 0.05) is 17.5 Å². The molecule has 2 aromatic rings. The normalized spacial score (nSPS) is 12.3. The van der Waals surface area contributed by atoms with Gasteiger partial charge in [-0.25, -0.2) is 8.78 Å². The topological polar surface area (TPSA) is 29.1 Å². The van der Waals surface area contributed by atoms with Crippen molar-refractivity contribution in [3.05, 3.63) is 72.3 Å². The molecule has 23 heavy (non-hydrogen) atoms. The van der Waals surface area contributed by atoms with E-state index in [1.165, 1.54) is 0 Å². The molecule has 0 saturated carbocycles. The molecule has 2 nitrogen and oxygen atoms in total. The maximum absolute atomic E-state index is 13.2. The molecule has 0 spiro atoms. The summed E-state index contributed by atoms with van der Waals surface area (Å²) in [6, 6.07) is 16.6. The number of alkyl halides is 4. The van der Waals surface area contributed by atoms with Gasteiger partial charge in [0.05, 0.1) is 0 Å². The van der Waals surface area contributed by atoms with Gasteiger partial charge in [-0.05, 0) is 17.7 Å². The molecule has 0 heterocycles. The van der Waals surface area contributed by atoms with E-state index in [-0.39, 0.29) is 5.70 Å². The van der Waals surface area contributed by atoms with Crippen LogP contribution in [0.5, 0.6) is 0 Å². The molecular formula is C17H13F4NO. The van der Waals surface area contributed by atoms with Crippen molar-refractivity contribution in [2.45, 2.75) is 12.3 Å². The summed E-state index contributed by atoms with van der Waals surface area (Å²) in [6.45, 7) is 0. The number of rotatable bonds is 6. The van der Waals surface area contributed by atoms with Gasteiger partial charge >= 0.3 is 12.3 Å². The van der Waals surface area contributed by atoms with Crippen LogP contribution in [0.2, 0.25) is 0 Å². The molecule has 0 radical (unpaired) electrons. The molecule has 120 valence electrons. The van der Waals surface area contributed by atoms with Crippen molar-refractivity contribution in [3.8, 4) is 0 Å². The second kappa shape index (κ2) is 7.09. The van der Waals surface area contributed by atoms with Gasteiger partial charge in [-0.1, -0.05) is 48.5 Å². The zero-order valence-electron chi connectivity index (χ0n) is 11.8. The molecule has 2 rings (SSSR count). The fourth-order valence-corrected chi connectivity index (χ4v) is 1.82. The van der Waals surface area contributed by atoms with E-state index in [2.05, 4.69) is 5.32 Å². The average Bonchev–Trinajstić information content (AvgIpc) is 2.55. The van der Waals surface area contributed by atoms with Crippen molar-refractivity contribution < 1.29 is 22.4 Å².